The third-order valence-electron chi connectivity index (χ3n) is 3.94. The van der Waals surface area contributed by atoms with Gasteiger partial charge in [0.05, 0.1) is 18.0 Å². The number of hydrogen-bond acceptors (Lipinski definition) is 4. The Morgan fingerprint density at radius 1 is 1.26 bits per heavy atom. The number of hydrogen-bond donors (Lipinski definition) is 1. The number of carbonyl (C=O) groups excluding carboxylic acids is 1. The normalized spacial score (nSPS) is 16.5. The van der Waals surface area contributed by atoms with Crippen molar-refractivity contribution in [3.63, 3.8) is 0 Å². The Morgan fingerprint density at radius 2 is 1.96 bits per heavy atom. The van der Waals surface area contributed by atoms with E-state index in [1.165, 1.54) is 4.31 Å². The van der Waals surface area contributed by atoms with Gasteiger partial charge in [0, 0.05) is 25.2 Å². The fraction of sp³-hybridized carbons (Fsp3) is 0.562. The molecule has 7 heteroatoms. The van der Waals surface area contributed by atoms with Crippen LogP contribution in [0.2, 0.25) is 0 Å². The van der Waals surface area contributed by atoms with Gasteiger partial charge in [0.1, 0.15) is 0 Å². The second-order valence-corrected chi connectivity index (χ2v) is 7.67. The first-order valence-electron chi connectivity index (χ1n) is 8.00. The van der Waals surface area contributed by atoms with Gasteiger partial charge in [-0.1, -0.05) is 13.3 Å². The van der Waals surface area contributed by atoms with E-state index in [0.717, 1.165) is 12.8 Å². The van der Waals surface area contributed by atoms with Crippen molar-refractivity contribution in [2.45, 2.75) is 26.2 Å². The summed E-state index contributed by atoms with van der Waals surface area (Å²) in [5, 5.41) is 9.11. The van der Waals surface area contributed by atoms with Crippen LogP contribution in [-0.4, -0.2) is 56.3 Å². The predicted octanol–water partition coefficient (Wildman–Crippen LogP) is 1.46. The highest BCUT2D eigenvalue weighted by Crippen LogP contribution is 2.24. The largest absolute Gasteiger partial charge is 0.395 e. The molecule has 1 heterocycles. The van der Waals surface area contributed by atoms with E-state index in [0.29, 0.717) is 37.3 Å². The van der Waals surface area contributed by atoms with E-state index in [9.17, 15) is 13.2 Å². The van der Waals surface area contributed by atoms with Gasteiger partial charge in [-0.3, -0.25) is 9.10 Å². The lowest BCUT2D eigenvalue weighted by Crippen LogP contribution is -2.34. The molecule has 23 heavy (non-hydrogen) atoms. The molecule has 6 nitrogen and oxygen atoms in total. The molecule has 0 saturated carbocycles. The van der Waals surface area contributed by atoms with Crippen LogP contribution in [0.25, 0.3) is 0 Å². The molecule has 128 valence electrons. The third-order valence-corrected chi connectivity index (χ3v) is 5.81. The lowest BCUT2D eigenvalue weighted by atomic mass is 10.1. The van der Waals surface area contributed by atoms with Crippen molar-refractivity contribution < 1.29 is 18.3 Å². The number of nitrogens with zero attached hydrogens (tertiary/aromatic N) is 2. The minimum absolute atomic E-state index is 0.0699. The quantitative estimate of drug-likeness (QED) is 0.815. The summed E-state index contributed by atoms with van der Waals surface area (Å²) in [6.07, 6.45) is 2.49. The molecule has 0 spiro atoms. The summed E-state index contributed by atoms with van der Waals surface area (Å²) in [5.74, 6) is 0.0398. The number of unbranched alkanes of at least 4 members (excludes halogenated alkanes) is 1. The number of amides is 1. The van der Waals surface area contributed by atoms with Crippen LogP contribution in [0, 0.1) is 0 Å². The summed E-state index contributed by atoms with van der Waals surface area (Å²) in [6, 6.07) is 6.66. The Bertz CT molecular complexity index is 628. The Balaban J connectivity index is 2.13. The van der Waals surface area contributed by atoms with Crippen molar-refractivity contribution in [2.75, 3.05) is 36.3 Å². The van der Waals surface area contributed by atoms with Crippen molar-refractivity contribution in [1.82, 2.24) is 4.90 Å². The van der Waals surface area contributed by atoms with Gasteiger partial charge in [0.15, 0.2) is 0 Å². The van der Waals surface area contributed by atoms with Crippen LogP contribution in [0.5, 0.6) is 0 Å². The van der Waals surface area contributed by atoms with Gasteiger partial charge >= 0.3 is 0 Å². The first-order chi connectivity index (χ1) is 11.0. The predicted molar refractivity (Wildman–Crippen MR) is 90.1 cm³/mol. The number of anilines is 1. The fourth-order valence-electron chi connectivity index (χ4n) is 2.67. The second-order valence-electron chi connectivity index (χ2n) is 5.66. The number of sulfonamides is 1. The van der Waals surface area contributed by atoms with Crippen molar-refractivity contribution in [3.05, 3.63) is 29.8 Å². The molecule has 1 N–H and O–H groups in total. The Labute approximate surface area is 137 Å². The topological polar surface area (TPSA) is 77.9 Å². The maximum absolute atomic E-state index is 12.5. The van der Waals surface area contributed by atoms with Gasteiger partial charge in [-0.25, -0.2) is 8.42 Å². The molecule has 0 unspecified atom stereocenters. The molecule has 0 radical (unpaired) electrons. The molecular weight excluding hydrogens is 316 g/mol. The lowest BCUT2D eigenvalue weighted by molar-refractivity contribution is 0.0719. The second kappa shape index (κ2) is 7.79. The van der Waals surface area contributed by atoms with Gasteiger partial charge in [-0.2, -0.15) is 0 Å². The van der Waals surface area contributed by atoms with E-state index in [4.69, 9.17) is 5.11 Å². The molecule has 0 aromatic heterocycles. The molecule has 1 saturated heterocycles. The summed E-state index contributed by atoms with van der Waals surface area (Å²) in [5.41, 5.74) is 1.11. The summed E-state index contributed by atoms with van der Waals surface area (Å²) < 4.78 is 25.2. The van der Waals surface area contributed by atoms with Crippen molar-refractivity contribution in [1.29, 1.82) is 0 Å². The molecule has 2 rings (SSSR count). The summed E-state index contributed by atoms with van der Waals surface area (Å²) >= 11 is 0. The fourth-order valence-corrected chi connectivity index (χ4v) is 4.23. The minimum Gasteiger partial charge on any atom is -0.395 e. The lowest BCUT2D eigenvalue weighted by Gasteiger charge is -2.22. The van der Waals surface area contributed by atoms with Crippen LogP contribution >= 0.6 is 0 Å². The number of aliphatic hydroxyl groups is 1. The molecule has 0 bridgehead atoms. The van der Waals surface area contributed by atoms with E-state index in [1.54, 1.807) is 29.2 Å². The molecule has 1 aromatic carbocycles. The number of aliphatic hydroxyl groups excluding tert-OH is 1. The molecule has 0 aliphatic carbocycles. The first kappa shape index (κ1) is 17.7. The zero-order valence-corrected chi connectivity index (χ0v) is 14.3. The molecule has 1 aliphatic rings. The standard InChI is InChI=1S/C16H24N2O4S/c1-2-3-9-17(11-12-19)16(20)14-5-7-15(8-6-14)18-10-4-13-23(18,21)22/h5-8,19H,2-4,9-13H2,1H3. The van der Waals surface area contributed by atoms with Crippen LogP contribution < -0.4 is 4.31 Å². The zero-order valence-electron chi connectivity index (χ0n) is 13.4. The van der Waals surface area contributed by atoms with Crippen LogP contribution in [0.4, 0.5) is 5.69 Å². The van der Waals surface area contributed by atoms with E-state index >= 15 is 0 Å². The minimum atomic E-state index is -3.21. The Kier molecular flexibility index (Phi) is 6.01. The van der Waals surface area contributed by atoms with Crippen molar-refractivity contribution in [3.8, 4) is 0 Å². The molecule has 1 fully saturated rings. The van der Waals surface area contributed by atoms with E-state index in [2.05, 4.69) is 0 Å². The highest BCUT2D eigenvalue weighted by Gasteiger charge is 2.28. The Hall–Kier alpha value is -1.60. The van der Waals surface area contributed by atoms with Gasteiger partial charge < -0.3 is 10.0 Å². The highest BCUT2D eigenvalue weighted by molar-refractivity contribution is 7.93. The van der Waals surface area contributed by atoms with E-state index < -0.39 is 10.0 Å². The average molecular weight is 340 g/mol. The summed E-state index contributed by atoms with van der Waals surface area (Å²) in [7, 11) is -3.21. The number of rotatable bonds is 7. The first-order valence-corrected chi connectivity index (χ1v) is 9.61. The molecule has 0 atom stereocenters. The van der Waals surface area contributed by atoms with Crippen LogP contribution in [0.3, 0.4) is 0 Å². The molecule has 1 aliphatic heterocycles. The van der Waals surface area contributed by atoms with E-state index in [1.807, 2.05) is 6.92 Å². The average Bonchev–Trinajstić information content (AvgIpc) is 2.90. The number of carbonyl (C=O) groups is 1. The SMILES string of the molecule is CCCCN(CCO)C(=O)c1ccc(N2CCCS2(=O)=O)cc1. The molecule has 1 amide bonds. The van der Waals surface area contributed by atoms with Crippen LogP contribution in [-0.2, 0) is 10.0 Å². The van der Waals surface area contributed by atoms with Gasteiger partial charge in [-0.15, -0.1) is 0 Å². The smallest absolute Gasteiger partial charge is 0.253 e. The third kappa shape index (κ3) is 4.23. The van der Waals surface area contributed by atoms with Gasteiger partial charge in [0.2, 0.25) is 10.0 Å². The summed E-state index contributed by atoms with van der Waals surface area (Å²) in [4.78, 5) is 14.1. The van der Waals surface area contributed by atoms with Gasteiger partial charge in [0.25, 0.3) is 5.91 Å². The Morgan fingerprint density at radius 3 is 2.48 bits per heavy atom. The van der Waals surface area contributed by atoms with Crippen LogP contribution in [0.15, 0.2) is 24.3 Å². The van der Waals surface area contributed by atoms with Crippen molar-refractivity contribution >= 4 is 21.6 Å². The van der Waals surface area contributed by atoms with Crippen LogP contribution in [0.1, 0.15) is 36.5 Å². The molecular formula is C16H24N2O4S. The van der Waals surface area contributed by atoms with Crippen molar-refractivity contribution in [2.24, 2.45) is 0 Å². The summed E-state index contributed by atoms with van der Waals surface area (Å²) in [6.45, 7) is 3.38. The zero-order chi connectivity index (χ0) is 16.9. The van der Waals surface area contributed by atoms with Gasteiger partial charge in [-0.05, 0) is 37.1 Å². The maximum Gasteiger partial charge on any atom is 0.253 e. The monoisotopic (exact) mass is 340 g/mol. The molecule has 1 aromatic rings. The number of benzene rings is 1. The highest BCUT2D eigenvalue weighted by atomic mass is 32.2. The van der Waals surface area contributed by atoms with E-state index in [-0.39, 0.29) is 18.3 Å². The maximum atomic E-state index is 12.5.